The van der Waals surface area contributed by atoms with Gasteiger partial charge in [0.25, 0.3) is 0 Å². The summed E-state index contributed by atoms with van der Waals surface area (Å²) in [6, 6.07) is 5.65. The number of carbonyl (C=O) groups excluding carboxylic acids is 2. The van der Waals surface area contributed by atoms with Crippen molar-refractivity contribution in [3.05, 3.63) is 39.0 Å². The van der Waals surface area contributed by atoms with Gasteiger partial charge in [-0.3, -0.25) is 9.59 Å². The quantitative estimate of drug-likeness (QED) is 0.781. The lowest BCUT2D eigenvalue weighted by atomic mass is 9.90. The van der Waals surface area contributed by atoms with Gasteiger partial charge in [-0.25, -0.2) is 4.98 Å². The van der Waals surface area contributed by atoms with E-state index >= 15 is 0 Å². The fraction of sp³-hybridized carbons (Fsp3) is 0.400. The maximum Gasteiger partial charge on any atom is 0.231 e. The number of anilines is 2. The molecule has 0 bridgehead atoms. The first-order chi connectivity index (χ1) is 11.6. The number of nitrogens with one attached hydrogen (secondary N) is 2. The van der Waals surface area contributed by atoms with Crippen molar-refractivity contribution in [1.82, 2.24) is 4.98 Å². The van der Waals surface area contributed by atoms with E-state index in [0.29, 0.717) is 5.13 Å². The highest BCUT2D eigenvalue weighted by molar-refractivity contribution is 7.22. The Bertz CT molecular complexity index is 734. The maximum absolute atomic E-state index is 12.5. The number of rotatable bonds is 3. The molecule has 1 aliphatic rings. The molecule has 0 unspecified atom stereocenters. The molecule has 3 rings (SSSR count). The van der Waals surface area contributed by atoms with Gasteiger partial charge in [0.15, 0.2) is 5.13 Å². The molecule has 0 atom stereocenters. The van der Waals surface area contributed by atoms with Gasteiger partial charge in [0, 0.05) is 12.6 Å². The molecule has 2 N–H and O–H groups in total. The Hall–Kier alpha value is -1.95. The van der Waals surface area contributed by atoms with E-state index in [9.17, 15) is 9.59 Å². The molecule has 6 heteroatoms. The molecular formula is C20H26N3O2S. The monoisotopic (exact) mass is 372 g/mol. The molecule has 5 radical (unpaired) electrons. The molecule has 139 valence electrons. The van der Waals surface area contributed by atoms with E-state index in [1.807, 2.05) is 18.2 Å². The maximum atomic E-state index is 12.5. The summed E-state index contributed by atoms with van der Waals surface area (Å²) in [5.74, 6) is 0.921. The van der Waals surface area contributed by atoms with Gasteiger partial charge in [-0.1, -0.05) is 58.3 Å². The highest BCUT2D eigenvalue weighted by Crippen LogP contribution is 2.30. The van der Waals surface area contributed by atoms with E-state index in [0.717, 1.165) is 47.5 Å². The first-order valence-electron chi connectivity index (χ1n) is 8.46. The summed E-state index contributed by atoms with van der Waals surface area (Å²) in [5, 5.41) is 6.29. The van der Waals surface area contributed by atoms with Crippen LogP contribution >= 0.6 is 11.3 Å². The number of carbonyl (C=O) groups is 2. The number of amides is 2. The Labute approximate surface area is 160 Å². The van der Waals surface area contributed by atoms with Gasteiger partial charge in [-0.2, -0.15) is 0 Å². The molecule has 2 amide bonds. The minimum absolute atomic E-state index is 0. The lowest BCUT2D eigenvalue weighted by Crippen LogP contribution is -2.21. The van der Waals surface area contributed by atoms with Crippen molar-refractivity contribution < 1.29 is 9.59 Å². The van der Waals surface area contributed by atoms with E-state index in [2.05, 4.69) is 15.6 Å². The highest BCUT2D eigenvalue weighted by atomic mass is 32.1. The molecule has 26 heavy (non-hydrogen) atoms. The van der Waals surface area contributed by atoms with Gasteiger partial charge in [0.05, 0.1) is 16.1 Å². The molecule has 1 aromatic carbocycles. The third-order valence-electron chi connectivity index (χ3n) is 4.21. The Balaban J connectivity index is 0.00000169. The second-order valence-electron chi connectivity index (χ2n) is 6.21. The summed E-state index contributed by atoms with van der Waals surface area (Å²) in [7, 11) is 0. The van der Waals surface area contributed by atoms with Crippen LogP contribution in [-0.2, 0) is 9.59 Å². The van der Waals surface area contributed by atoms with Crippen molar-refractivity contribution in [2.75, 3.05) is 10.6 Å². The van der Waals surface area contributed by atoms with Gasteiger partial charge in [-0.05, 0) is 31.0 Å². The van der Waals surface area contributed by atoms with Crippen LogP contribution in [0.25, 0.3) is 10.2 Å². The second kappa shape index (κ2) is 10.3. The smallest absolute Gasteiger partial charge is 0.231 e. The molecule has 1 saturated carbocycles. The highest BCUT2D eigenvalue weighted by Gasteiger charge is 2.20. The van der Waals surface area contributed by atoms with Crippen molar-refractivity contribution in [2.45, 2.75) is 51.9 Å². The zero-order valence-corrected chi connectivity index (χ0v) is 16.1. The van der Waals surface area contributed by atoms with Gasteiger partial charge >= 0.3 is 0 Å². The van der Waals surface area contributed by atoms with Crippen LogP contribution in [0.4, 0.5) is 10.8 Å². The Morgan fingerprint density at radius 2 is 1.65 bits per heavy atom. The summed E-state index contributed by atoms with van der Waals surface area (Å²) in [5.41, 5.74) is 1.60. The number of aromatic nitrogens is 1. The van der Waals surface area contributed by atoms with Crippen LogP contribution < -0.4 is 10.6 Å². The third-order valence-corrected chi connectivity index (χ3v) is 5.14. The number of fused-ring (bicyclic) bond motifs is 1. The largest absolute Gasteiger partial charge is 0.326 e. The van der Waals surface area contributed by atoms with Crippen LogP contribution in [0.2, 0.25) is 0 Å². The predicted octanol–water partition coefficient (Wildman–Crippen LogP) is 5.17. The average molecular weight is 373 g/mol. The summed E-state index contributed by atoms with van der Waals surface area (Å²) in [6.45, 7) is 1.46. The molecule has 0 saturated heterocycles. The molecule has 2 aromatic rings. The van der Waals surface area contributed by atoms with E-state index < -0.39 is 0 Å². The van der Waals surface area contributed by atoms with Crippen LogP contribution in [-0.4, -0.2) is 16.8 Å². The van der Waals surface area contributed by atoms with Gasteiger partial charge in [0.1, 0.15) is 0 Å². The number of benzene rings is 1. The van der Waals surface area contributed by atoms with E-state index in [1.165, 1.54) is 37.5 Å². The molecule has 0 aliphatic heterocycles. The van der Waals surface area contributed by atoms with Crippen LogP contribution in [0.5, 0.6) is 0 Å². The lowest BCUT2D eigenvalue weighted by molar-refractivity contribution is -0.115. The van der Waals surface area contributed by atoms with Gasteiger partial charge < -0.3 is 10.6 Å². The summed E-state index contributed by atoms with van der Waals surface area (Å²) >= 11 is 1.41. The number of hydrogen-bond donors (Lipinski definition) is 2. The summed E-state index contributed by atoms with van der Waals surface area (Å²) < 4.78 is 0.944. The fourth-order valence-corrected chi connectivity index (χ4v) is 3.94. The molecular weight excluding hydrogens is 346 g/mol. The van der Waals surface area contributed by atoms with Crippen molar-refractivity contribution in [3.63, 3.8) is 0 Å². The Morgan fingerprint density at radius 1 is 1.00 bits per heavy atom. The zero-order chi connectivity index (χ0) is 16.9. The number of thiazole rings is 1. The van der Waals surface area contributed by atoms with Crippen LogP contribution in [0, 0.1) is 20.8 Å². The lowest BCUT2D eigenvalue weighted by Gasteiger charge is -2.18. The fourth-order valence-electron chi connectivity index (χ4n) is 2.99. The van der Waals surface area contributed by atoms with Crippen LogP contribution in [0.3, 0.4) is 0 Å². The van der Waals surface area contributed by atoms with Gasteiger partial charge in [0.2, 0.25) is 11.8 Å². The van der Waals surface area contributed by atoms with Gasteiger partial charge in [-0.15, -0.1) is 0 Å². The molecule has 5 nitrogen and oxygen atoms in total. The minimum Gasteiger partial charge on any atom is -0.326 e. The van der Waals surface area contributed by atoms with Crippen molar-refractivity contribution in [2.24, 2.45) is 0 Å². The third kappa shape index (κ3) is 5.80. The molecule has 0 spiro atoms. The Kier molecular flexibility index (Phi) is 8.72. The van der Waals surface area contributed by atoms with Crippen molar-refractivity contribution in [3.8, 4) is 0 Å². The zero-order valence-electron chi connectivity index (χ0n) is 15.3. The first-order valence-corrected chi connectivity index (χ1v) is 9.28. The van der Waals surface area contributed by atoms with Crippen LogP contribution in [0.15, 0.2) is 18.2 Å². The first kappa shape index (κ1) is 22.1. The SMILES string of the molecule is CC(=O)Nc1nc2ccc(NC(=O)[C]3CCCCCCC3)cc2s1.[CH2].[CH2]. The average Bonchev–Trinajstić information content (AvgIpc) is 2.87. The number of hydrogen-bond acceptors (Lipinski definition) is 4. The standard InChI is InChI=1S/C18H22N3O2S.2CH2/c1-12(22)19-18-21-15-10-9-14(11-16(15)24-18)20-17(23)13-7-5-3-2-4-6-8-13;;/h9-11H,2-8H2,1H3,(H,20,23)(H,19,21,22);2*1H2. The molecule has 1 fully saturated rings. The normalized spacial score (nSPS) is 15.1. The Morgan fingerprint density at radius 3 is 2.31 bits per heavy atom. The predicted molar refractivity (Wildman–Crippen MR) is 109 cm³/mol. The molecule has 1 aliphatic carbocycles. The van der Waals surface area contributed by atoms with E-state index in [1.54, 1.807) is 0 Å². The number of nitrogens with zero attached hydrogens (tertiary/aromatic N) is 1. The topological polar surface area (TPSA) is 71.1 Å². The minimum atomic E-state index is -0.136. The molecule has 1 heterocycles. The summed E-state index contributed by atoms with van der Waals surface area (Å²) in [6.07, 6.45) is 7.74. The van der Waals surface area contributed by atoms with Crippen LogP contribution in [0.1, 0.15) is 51.9 Å². The summed E-state index contributed by atoms with van der Waals surface area (Å²) in [4.78, 5) is 28.0. The molecule has 1 aromatic heterocycles. The van der Waals surface area contributed by atoms with Crippen molar-refractivity contribution in [1.29, 1.82) is 0 Å². The van der Waals surface area contributed by atoms with E-state index in [4.69, 9.17) is 0 Å². The second-order valence-corrected chi connectivity index (χ2v) is 7.24. The van der Waals surface area contributed by atoms with E-state index in [-0.39, 0.29) is 26.7 Å². The van der Waals surface area contributed by atoms with Crippen molar-refractivity contribution >= 4 is 44.2 Å².